The van der Waals surface area contributed by atoms with Crippen molar-refractivity contribution >= 4 is 12.2 Å². The average Bonchev–Trinajstić information content (AvgIpc) is 2.16. The minimum atomic E-state index is 0.414. The van der Waals surface area contributed by atoms with Gasteiger partial charge in [0.1, 0.15) is 10.5 Å². The van der Waals surface area contributed by atoms with Gasteiger partial charge in [-0.15, -0.1) is 0 Å². The van der Waals surface area contributed by atoms with Gasteiger partial charge in [0, 0.05) is 24.3 Å². The summed E-state index contributed by atoms with van der Waals surface area (Å²) < 4.78 is 6.02. The van der Waals surface area contributed by atoms with E-state index in [1.807, 2.05) is 6.92 Å². The van der Waals surface area contributed by atoms with Gasteiger partial charge in [0.05, 0.1) is 6.61 Å². The molecule has 0 radical (unpaired) electrons. The number of aryl methyl sites for hydroxylation is 1. The number of rotatable bonds is 5. The van der Waals surface area contributed by atoms with Crippen LogP contribution in [0.15, 0.2) is 0 Å². The van der Waals surface area contributed by atoms with E-state index >= 15 is 0 Å². The van der Waals surface area contributed by atoms with Crippen LogP contribution in [0.5, 0.6) is 0 Å². The Labute approximate surface area is 102 Å². The van der Waals surface area contributed by atoms with Gasteiger partial charge in [-0.05, 0) is 19.8 Å². The Morgan fingerprint density at radius 1 is 1.44 bits per heavy atom. The molecule has 0 saturated carbocycles. The number of H-pyrrole nitrogens is 1. The van der Waals surface area contributed by atoms with Gasteiger partial charge in [0.25, 0.3) is 0 Å². The summed E-state index contributed by atoms with van der Waals surface area (Å²) in [5, 5.41) is 0. The highest BCUT2D eigenvalue weighted by atomic mass is 32.1. The molecule has 0 aromatic carbocycles. The highest BCUT2D eigenvalue weighted by molar-refractivity contribution is 7.71. The highest BCUT2D eigenvalue weighted by Gasteiger charge is 2.08. The summed E-state index contributed by atoms with van der Waals surface area (Å²) in [5.41, 5.74) is 2.27. The second-order valence-corrected chi connectivity index (χ2v) is 4.52. The van der Waals surface area contributed by atoms with Crippen molar-refractivity contribution in [3.63, 3.8) is 0 Å². The van der Waals surface area contributed by atoms with Crippen LogP contribution in [0, 0.1) is 11.6 Å². The highest BCUT2D eigenvalue weighted by Crippen LogP contribution is 2.18. The van der Waals surface area contributed by atoms with E-state index in [1.54, 1.807) is 0 Å². The van der Waals surface area contributed by atoms with Crippen molar-refractivity contribution in [3.8, 4) is 0 Å². The number of aromatic nitrogens is 2. The fraction of sp³-hybridized carbons (Fsp3) is 0.667. The van der Waals surface area contributed by atoms with Gasteiger partial charge in [-0.2, -0.15) is 0 Å². The summed E-state index contributed by atoms with van der Waals surface area (Å²) in [6, 6.07) is 0. The van der Waals surface area contributed by atoms with Crippen molar-refractivity contribution in [2.24, 2.45) is 0 Å². The average molecular weight is 240 g/mol. The Balaban J connectivity index is 2.88. The number of ether oxygens (including phenoxy) is 1. The molecule has 0 aliphatic carbocycles. The molecule has 0 fully saturated rings. The molecule has 0 saturated heterocycles. The maximum atomic E-state index is 5.31. The molecule has 90 valence electrons. The predicted octanol–water partition coefficient (Wildman–Crippen LogP) is 3.15. The number of aromatic amines is 1. The molecular weight excluding hydrogens is 220 g/mol. The third kappa shape index (κ3) is 3.39. The maximum absolute atomic E-state index is 5.31. The van der Waals surface area contributed by atoms with E-state index in [4.69, 9.17) is 17.0 Å². The molecule has 1 rings (SSSR count). The molecule has 1 aromatic rings. The van der Waals surface area contributed by atoms with Gasteiger partial charge in [-0.1, -0.05) is 26.1 Å². The first-order chi connectivity index (χ1) is 7.56. The predicted molar refractivity (Wildman–Crippen MR) is 68.4 cm³/mol. The van der Waals surface area contributed by atoms with Crippen molar-refractivity contribution < 1.29 is 4.74 Å². The van der Waals surface area contributed by atoms with E-state index in [0.29, 0.717) is 12.5 Å². The lowest BCUT2D eigenvalue weighted by atomic mass is 10.0. The molecule has 0 atom stereocenters. The zero-order valence-electron chi connectivity index (χ0n) is 10.5. The number of nitrogens with one attached hydrogen (secondary N) is 1. The number of hydrogen-bond donors (Lipinski definition) is 1. The van der Waals surface area contributed by atoms with Crippen molar-refractivity contribution in [2.45, 2.75) is 40.0 Å². The van der Waals surface area contributed by atoms with E-state index in [9.17, 15) is 0 Å². The second kappa shape index (κ2) is 6.11. The van der Waals surface area contributed by atoms with Crippen LogP contribution in [-0.4, -0.2) is 23.2 Å². The summed E-state index contributed by atoms with van der Waals surface area (Å²) in [5.74, 6) is 1.33. The molecule has 4 heteroatoms. The summed E-state index contributed by atoms with van der Waals surface area (Å²) in [4.78, 5) is 7.71. The molecule has 1 N–H and O–H groups in total. The van der Waals surface area contributed by atoms with E-state index in [0.717, 1.165) is 34.8 Å². The van der Waals surface area contributed by atoms with Gasteiger partial charge in [0.2, 0.25) is 0 Å². The Bertz CT molecular complexity index is 398. The van der Waals surface area contributed by atoms with Gasteiger partial charge in [-0.3, -0.25) is 0 Å². The number of nitrogens with zero attached hydrogens (tertiary/aromatic N) is 1. The fourth-order valence-electron chi connectivity index (χ4n) is 1.77. The first kappa shape index (κ1) is 13.3. The summed E-state index contributed by atoms with van der Waals surface area (Å²) in [6.07, 6.45) is 0.788. The van der Waals surface area contributed by atoms with E-state index < -0.39 is 0 Å². The second-order valence-electron chi connectivity index (χ2n) is 4.13. The Morgan fingerprint density at radius 3 is 2.62 bits per heavy atom. The van der Waals surface area contributed by atoms with E-state index in [-0.39, 0.29) is 0 Å². The topological polar surface area (TPSA) is 37.9 Å². The van der Waals surface area contributed by atoms with Crippen LogP contribution in [0.1, 0.15) is 43.8 Å². The van der Waals surface area contributed by atoms with Crippen LogP contribution >= 0.6 is 12.2 Å². The van der Waals surface area contributed by atoms with Crippen LogP contribution in [0.25, 0.3) is 0 Å². The van der Waals surface area contributed by atoms with Gasteiger partial charge < -0.3 is 9.72 Å². The van der Waals surface area contributed by atoms with Crippen molar-refractivity contribution in [1.82, 2.24) is 9.97 Å². The molecule has 3 nitrogen and oxygen atoms in total. The Morgan fingerprint density at radius 2 is 2.12 bits per heavy atom. The molecule has 0 unspecified atom stereocenters. The number of hydrogen-bond acceptors (Lipinski definition) is 3. The molecule has 1 heterocycles. The van der Waals surface area contributed by atoms with Crippen LogP contribution in [0.4, 0.5) is 0 Å². The molecule has 0 aliphatic heterocycles. The van der Waals surface area contributed by atoms with Crippen LogP contribution in [0.3, 0.4) is 0 Å². The fourth-order valence-corrected chi connectivity index (χ4v) is 2.27. The lowest BCUT2D eigenvalue weighted by Gasteiger charge is -2.11. The van der Waals surface area contributed by atoms with E-state index in [2.05, 4.69) is 30.7 Å². The lowest BCUT2D eigenvalue weighted by molar-refractivity contribution is 0.149. The van der Waals surface area contributed by atoms with Crippen LogP contribution in [0.2, 0.25) is 0 Å². The molecule has 16 heavy (non-hydrogen) atoms. The third-order valence-corrected chi connectivity index (χ3v) is 2.78. The molecule has 0 bridgehead atoms. The van der Waals surface area contributed by atoms with Crippen molar-refractivity contribution in [3.05, 3.63) is 21.7 Å². The standard InChI is InChI=1S/C12H20N2OS/c1-5-15-7-6-10-13-9(4)11(8(2)3)12(16)14-10/h8H,5-7H2,1-4H3,(H,13,14,16). The first-order valence-corrected chi connectivity index (χ1v) is 6.14. The Kier molecular flexibility index (Phi) is 5.09. The summed E-state index contributed by atoms with van der Waals surface area (Å²) in [6.45, 7) is 9.74. The van der Waals surface area contributed by atoms with Gasteiger partial charge in [-0.25, -0.2) is 4.98 Å². The molecular formula is C12H20N2OS. The largest absolute Gasteiger partial charge is 0.381 e. The zero-order chi connectivity index (χ0) is 12.1. The third-order valence-electron chi connectivity index (χ3n) is 2.47. The zero-order valence-corrected chi connectivity index (χ0v) is 11.3. The van der Waals surface area contributed by atoms with Crippen molar-refractivity contribution in [1.29, 1.82) is 0 Å². The normalized spacial score (nSPS) is 11.1. The van der Waals surface area contributed by atoms with Gasteiger partial charge in [0.15, 0.2) is 0 Å². The van der Waals surface area contributed by atoms with Crippen LogP contribution in [-0.2, 0) is 11.2 Å². The first-order valence-electron chi connectivity index (χ1n) is 5.73. The lowest BCUT2D eigenvalue weighted by Crippen LogP contribution is -2.07. The quantitative estimate of drug-likeness (QED) is 0.634. The van der Waals surface area contributed by atoms with Crippen LogP contribution < -0.4 is 0 Å². The minimum Gasteiger partial charge on any atom is -0.381 e. The molecule has 0 spiro atoms. The minimum absolute atomic E-state index is 0.414. The monoisotopic (exact) mass is 240 g/mol. The SMILES string of the molecule is CCOCCc1nc(=S)c(C(C)C)c(C)[nH]1. The molecule has 0 aliphatic rings. The van der Waals surface area contributed by atoms with Crippen molar-refractivity contribution in [2.75, 3.05) is 13.2 Å². The van der Waals surface area contributed by atoms with Gasteiger partial charge >= 0.3 is 0 Å². The summed E-state index contributed by atoms with van der Waals surface area (Å²) in [7, 11) is 0. The van der Waals surface area contributed by atoms with E-state index in [1.165, 1.54) is 0 Å². The summed E-state index contributed by atoms with van der Waals surface area (Å²) >= 11 is 5.31. The molecule has 1 aromatic heterocycles. The Hall–Kier alpha value is -0.740. The molecule has 0 amide bonds. The smallest absolute Gasteiger partial charge is 0.133 e. The maximum Gasteiger partial charge on any atom is 0.133 e.